The first kappa shape index (κ1) is 19.6. The summed E-state index contributed by atoms with van der Waals surface area (Å²) >= 11 is 0. The molecule has 0 nitrogen and oxygen atoms in total. The number of halogens is 6. The second-order valence-corrected chi connectivity index (χ2v) is 6.93. The van der Waals surface area contributed by atoms with Crippen LogP contribution in [0.25, 0.3) is 0 Å². The van der Waals surface area contributed by atoms with Crippen molar-refractivity contribution in [3.8, 4) is 0 Å². The average molecular weight is 338 g/mol. The van der Waals surface area contributed by atoms with Gasteiger partial charge in [0.2, 0.25) is 0 Å². The van der Waals surface area contributed by atoms with Crippen LogP contribution in [-0.2, 0) is 12.4 Å². The molecule has 6 heteroatoms. The minimum atomic E-state index is -4.83. The first-order valence-electron chi connectivity index (χ1n) is 7.07. The molecule has 0 aromatic heterocycles. The number of allylic oxidation sites excluding steroid dienone is 2. The monoisotopic (exact) mass is 338 g/mol. The van der Waals surface area contributed by atoms with E-state index in [0.717, 1.165) is 17.7 Å². The third-order valence-corrected chi connectivity index (χ3v) is 3.40. The van der Waals surface area contributed by atoms with Gasteiger partial charge in [0.05, 0.1) is 11.1 Å². The molecular weight excluding hydrogens is 318 g/mol. The Bertz CT molecular complexity index is 548. The molecule has 130 valence electrons. The molecule has 1 aromatic carbocycles. The number of rotatable bonds is 2. The van der Waals surface area contributed by atoms with E-state index < -0.39 is 34.8 Å². The molecule has 0 amide bonds. The largest absolute Gasteiger partial charge is 0.416 e. The van der Waals surface area contributed by atoms with Crippen LogP contribution in [0.1, 0.15) is 57.2 Å². The van der Waals surface area contributed by atoms with Crippen LogP contribution in [0.15, 0.2) is 29.8 Å². The summed E-state index contributed by atoms with van der Waals surface area (Å²) in [6.07, 6.45) is -7.96. The van der Waals surface area contributed by atoms with Gasteiger partial charge in [0.25, 0.3) is 0 Å². The maximum Gasteiger partial charge on any atom is 0.416 e. The Labute approximate surface area is 132 Å². The van der Waals surface area contributed by atoms with Crippen molar-refractivity contribution in [1.82, 2.24) is 0 Å². The van der Waals surface area contributed by atoms with Crippen LogP contribution in [0.4, 0.5) is 26.3 Å². The van der Waals surface area contributed by atoms with E-state index >= 15 is 0 Å². The van der Waals surface area contributed by atoms with Crippen molar-refractivity contribution in [2.24, 2.45) is 5.41 Å². The topological polar surface area (TPSA) is 0 Å². The Morgan fingerprint density at radius 2 is 1.22 bits per heavy atom. The summed E-state index contributed by atoms with van der Waals surface area (Å²) in [5, 5.41) is 0. The van der Waals surface area contributed by atoms with Gasteiger partial charge in [-0.05, 0) is 43.0 Å². The Hall–Kier alpha value is -1.46. The van der Waals surface area contributed by atoms with E-state index in [4.69, 9.17) is 0 Å². The molecule has 0 spiro atoms. The Morgan fingerprint density at radius 3 is 1.48 bits per heavy atom. The molecule has 1 aromatic rings. The molecule has 0 aliphatic heterocycles. The molecule has 0 aliphatic rings. The number of benzene rings is 1. The average Bonchev–Trinajstić information content (AvgIpc) is 2.31. The maximum absolute atomic E-state index is 13.0. The van der Waals surface area contributed by atoms with Crippen molar-refractivity contribution in [2.75, 3.05) is 0 Å². The summed E-state index contributed by atoms with van der Waals surface area (Å²) < 4.78 is 77.9. The van der Waals surface area contributed by atoms with Crippen LogP contribution in [0, 0.1) is 5.41 Å². The zero-order valence-corrected chi connectivity index (χ0v) is 13.7. The molecule has 0 saturated carbocycles. The fraction of sp³-hybridized carbons (Fsp3) is 0.529. The van der Waals surface area contributed by atoms with E-state index in [1.165, 1.54) is 0 Å². The number of hydrogen-bond acceptors (Lipinski definition) is 0. The van der Waals surface area contributed by atoms with Gasteiger partial charge < -0.3 is 0 Å². The minimum Gasteiger partial charge on any atom is -0.166 e. The summed E-state index contributed by atoms with van der Waals surface area (Å²) in [5.74, 6) is -0.559. The predicted molar refractivity (Wildman–Crippen MR) is 78.1 cm³/mol. The fourth-order valence-electron chi connectivity index (χ4n) is 2.34. The Balaban J connectivity index is 3.64. The first-order valence-corrected chi connectivity index (χ1v) is 7.07. The predicted octanol–water partition coefficient (Wildman–Crippen LogP) is 6.82. The van der Waals surface area contributed by atoms with Crippen molar-refractivity contribution in [1.29, 1.82) is 0 Å². The lowest BCUT2D eigenvalue weighted by Crippen LogP contribution is -2.19. The molecule has 0 N–H and O–H groups in total. The van der Waals surface area contributed by atoms with Gasteiger partial charge in [-0.2, -0.15) is 26.3 Å². The zero-order chi connectivity index (χ0) is 18.2. The maximum atomic E-state index is 13.0. The second-order valence-electron chi connectivity index (χ2n) is 6.93. The lowest BCUT2D eigenvalue weighted by molar-refractivity contribution is -0.143. The van der Waals surface area contributed by atoms with Crippen molar-refractivity contribution >= 4 is 0 Å². The van der Waals surface area contributed by atoms with Gasteiger partial charge in [0.15, 0.2) is 0 Å². The standard InChI is InChI=1S/C17H20F6/c1-10(2)6-14(15(3,4)5)11-7-12(16(18,19)20)9-13(8-11)17(21,22)23/h6-9,14H,1-5H3. The van der Waals surface area contributed by atoms with E-state index in [1.54, 1.807) is 40.7 Å². The lowest BCUT2D eigenvalue weighted by Gasteiger charge is -2.30. The minimum absolute atomic E-state index is 0.0147. The van der Waals surface area contributed by atoms with Gasteiger partial charge >= 0.3 is 12.4 Å². The molecule has 0 fully saturated rings. The highest BCUT2D eigenvalue weighted by molar-refractivity contribution is 5.38. The number of alkyl halides is 6. The van der Waals surface area contributed by atoms with E-state index in [9.17, 15) is 26.3 Å². The molecule has 1 rings (SSSR count). The zero-order valence-electron chi connectivity index (χ0n) is 13.7. The van der Waals surface area contributed by atoms with E-state index in [0.29, 0.717) is 0 Å². The van der Waals surface area contributed by atoms with Gasteiger partial charge in [-0.3, -0.25) is 0 Å². The molecule has 0 saturated heterocycles. The highest BCUT2D eigenvalue weighted by atomic mass is 19.4. The molecular formula is C17H20F6. The highest BCUT2D eigenvalue weighted by Crippen LogP contribution is 2.42. The van der Waals surface area contributed by atoms with E-state index in [2.05, 4.69) is 0 Å². The second kappa shape index (κ2) is 6.21. The highest BCUT2D eigenvalue weighted by Gasteiger charge is 2.38. The van der Waals surface area contributed by atoms with Gasteiger partial charge in [-0.25, -0.2) is 0 Å². The summed E-state index contributed by atoms with van der Waals surface area (Å²) in [6.45, 7) is 8.87. The van der Waals surface area contributed by atoms with Crippen molar-refractivity contribution < 1.29 is 26.3 Å². The van der Waals surface area contributed by atoms with Gasteiger partial charge in [0.1, 0.15) is 0 Å². The summed E-state index contributed by atoms with van der Waals surface area (Å²) in [6, 6.07) is 1.78. The van der Waals surface area contributed by atoms with Gasteiger partial charge in [0, 0.05) is 5.92 Å². The lowest BCUT2D eigenvalue weighted by atomic mass is 9.75. The summed E-state index contributed by atoms with van der Waals surface area (Å²) in [4.78, 5) is 0. The van der Waals surface area contributed by atoms with Gasteiger partial charge in [-0.1, -0.05) is 32.4 Å². The van der Waals surface area contributed by atoms with Crippen molar-refractivity contribution in [3.63, 3.8) is 0 Å². The molecule has 0 aliphatic carbocycles. The van der Waals surface area contributed by atoms with Crippen LogP contribution < -0.4 is 0 Å². The van der Waals surface area contributed by atoms with E-state index in [1.807, 2.05) is 0 Å². The third kappa shape index (κ3) is 5.29. The smallest absolute Gasteiger partial charge is 0.166 e. The van der Waals surface area contributed by atoms with Crippen LogP contribution in [0.3, 0.4) is 0 Å². The molecule has 1 unspecified atom stereocenters. The first-order chi connectivity index (χ1) is 10.1. The fourth-order valence-corrected chi connectivity index (χ4v) is 2.34. The van der Waals surface area contributed by atoms with E-state index in [-0.39, 0.29) is 11.6 Å². The molecule has 0 bridgehead atoms. The quantitative estimate of drug-likeness (QED) is 0.410. The Morgan fingerprint density at radius 1 is 0.826 bits per heavy atom. The number of hydrogen-bond donors (Lipinski definition) is 0. The van der Waals surface area contributed by atoms with Crippen LogP contribution in [0.5, 0.6) is 0 Å². The Kier molecular flexibility index (Phi) is 5.29. The summed E-state index contributed by atoms with van der Waals surface area (Å²) in [5.41, 5.74) is -2.24. The normalized spacial score (nSPS) is 14.6. The molecule has 1 atom stereocenters. The SMILES string of the molecule is CC(C)=CC(c1cc(C(F)(F)F)cc(C(F)(F)F)c1)C(C)(C)C. The van der Waals surface area contributed by atoms with Crippen LogP contribution in [-0.4, -0.2) is 0 Å². The summed E-state index contributed by atoms with van der Waals surface area (Å²) in [7, 11) is 0. The van der Waals surface area contributed by atoms with Crippen LogP contribution in [0.2, 0.25) is 0 Å². The van der Waals surface area contributed by atoms with Crippen LogP contribution >= 0.6 is 0 Å². The third-order valence-electron chi connectivity index (χ3n) is 3.40. The molecule has 0 radical (unpaired) electrons. The molecule has 23 heavy (non-hydrogen) atoms. The molecule has 0 heterocycles. The van der Waals surface area contributed by atoms with Gasteiger partial charge in [-0.15, -0.1) is 0 Å². The van der Waals surface area contributed by atoms with Crippen molar-refractivity contribution in [2.45, 2.75) is 52.9 Å². The van der Waals surface area contributed by atoms with Crippen molar-refractivity contribution in [3.05, 3.63) is 46.5 Å².